The fraction of sp³-hybridized carbons (Fsp3) is 0.429. The second-order valence-electron chi connectivity index (χ2n) is 2.94. The molecule has 1 N–H and O–H groups in total. The van der Waals surface area contributed by atoms with E-state index in [9.17, 15) is 26.4 Å². The van der Waals surface area contributed by atoms with Crippen LogP contribution in [0, 0.1) is 0 Å². The van der Waals surface area contributed by atoms with E-state index in [1.54, 1.807) is 0 Å². The first kappa shape index (κ1) is 14.7. The first-order valence-electron chi connectivity index (χ1n) is 4.28. The van der Waals surface area contributed by atoms with Gasteiger partial charge in [0, 0.05) is 14.0 Å². The predicted molar refractivity (Wildman–Crippen MR) is 57.3 cm³/mol. The zero-order valence-corrected chi connectivity index (χ0v) is 10.7. The Labute approximate surface area is 104 Å². The molecule has 0 amide bonds. The van der Waals surface area contributed by atoms with Crippen LogP contribution in [0.25, 0.3) is 0 Å². The molecule has 0 aromatic carbocycles. The molecule has 0 saturated heterocycles. The maximum absolute atomic E-state index is 12.1. The zero-order chi connectivity index (χ0) is 14.1. The minimum absolute atomic E-state index is 0.0626. The monoisotopic (exact) mass is 304 g/mol. The van der Waals surface area contributed by atoms with Crippen molar-refractivity contribution in [3.05, 3.63) is 4.88 Å². The van der Waals surface area contributed by atoms with Crippen molar-refractivity contribution in [1.29, 1.82) is 0 Å². The van der Waals surface area contributed by atoms with Gasteiger partial charge in [0.1, 0.15) is 4.88 Å². The van der Waals surface area contributed by atoms with Crippen LogP contribution in [0.4, 0.5) is 18.3 Å². The highest BCUT2D eigenvalue weighted by molar-refractivity contribution is 7.88. The van der Waals surface area contributed by atoms with Gasteiger partial charge >= 0.3 is 15.6 Å². The topological polar surface area (TPSA) is 85.4 Å². The van der Waals surface area contributed by atoms with Gasteiger partial charge in [-0.15, -0.1) is 0 Å². The maximum atomic E-state index is 12.1. The molecule has 0 unspecified atom stereocenters. The number of nitrogens with zero attached hydrogens (tertiary/aromatic N) is 1. The number of carbonyl (C=O) groups is 1. The number of carbonyl (C=O) groups excluding carboxylic acids is 1. The van der Waals surface area contributed by atoms with Gasteiger partial charge in [0.15, 0.2) is 10.9 Å². The van der Waals surface area contributed by atoms with Crippen LogP contribution in [0.3, 0.4) is 0 Å². The molecular formula is C7H7F3N2O4S2. The number of nitrogens with one attached hydrogen (secondary N) is 1. The quantitative estimate of drug-likeness (QED) is 0.517. The van der Waals surface area contributed by atoms with Gasteiger partial charge in [-0.1, -0.05) is 11.3 Å². The van der Waals surface area contributed by atoms with E-state index >= 15 is 0 Å². The Morgan fingerprint density at radius 1 is 1.44 bits per heavy atom. The van der Waals surface area contributed by atoms with Gasteiger partial charge in [-0.05, 0) is 0 Å². The third-order valence-corrected chi connectivity index (χ3v) is 3.70. The summed E-state index contributed by atoms with van der Waals surface area (Å²) in [5.41, 5.74) is -5.58. The Morgan fingerprint density at radius 2 is 2.00 bits per heavy atom. The first-order chi connectivity index (χ1) is 8.08. The zero-order valence-electron chi connectivity index (χ0n) is 9.03. The summed E-state index contributed by atoms with van der Waals surface area (Å²) in [6.07, 6.45) is 0. The molecule has 1 aromatic heterocycles. The Hall–Kier alpha value is -1.36. The molecule has 6 nitrogen and oxygen atoms in total. The first-order valence-corrected chi connectivity index (χ1v) is 6.51. The molecule has 102 valence electrons. The van der Waals surface area contributed by atoms with Crippen molar-refractivity contribution in [2.75, 3.05) is 12.4 Å². The minimum atomic E-state index is -5.84. The van der Waals surface area contributed by atoms with Crippen LogP contribution in [0.5, 0.6) is 5.88 Å². The number of hydrogen-bond acceptors (Lipinski definition) is 7. The standard InChI is InChI=1S/C7H7F3N2O4S2/c1-3(13)4-5(12-6(11-2)17-4)16-18(14,15)7(8,9)10/h1-2H3,(H,11,12). The van der Waals surface area contributed by atoms with E-state index in [2.05, 4.69) is 14.5 Å². The molecular weight excluding hydrogens is 297 g/mol. The van der Waals surface area contributed by atoms with Crippen LogP contribution in [0.1, 0.15) is 16.6 Å². The largest absolute Gasteiger partial charge is 0.534 e. The summed E-state index contributed by atoms with van der Waals surface area (Å²) in [6, 6.07) is 0. The number of rotatable bonds is 4. The molecule has 0 radical (unpaired) electrons. The molecule has 1 aromatic rings. The van der Waals surface area contributed by atoms with E-state index in [1.165, 1.54) is 7.05 Å². The number of halogens is 3. The summed E-state index contributed by atoms with van der Waals surface area (Å²) in [5, 5.41) is 2.53. The molecule has 1 heterocycles. The lowest BCUT2D eigenvalue weighted by Crippen LogP contribution is -2.28. The SMILES string of the molecule is CNc1nc(OS(=O)(=O)C(F)(F)F)c(C(C)=O)s1. The van der Waals surface area contributed by atoms with Crippen LogP contribution >= 0.6 is 11.3 Å². The van der Waals surface area contributed by atoms with E-state index < -0.39 is 27.3 Å². The van der Waals surface area contributed by atoms with Crippen LogP contribution in [0.15, 0.2) is 0 Å². The van der Waals surface area contributed by atoms with Crippen molar-refractivity contribution in [2.45, 2.75) is 12.4 Å². The van der Waals surface area contributed by atoms with Gasteiger partial charge in [-0.2, -0.15) is 26.6 Å². The van der Waals surface area contributed by atoms with Crippen LogP contribution in [-0.4, -0.2) is 31.7 Å². The molecule has 0 aliphatic carbocycles. The van der Waals surface area contributed by atoms with E-state index in [0.29, 0.717) is 11.3 Å². The van der Waals surface area contributed by atoms with Gasteiger partial charge in [0.05, 0.1) is 0 Å². The average molecular weight is 304 g/mol. The number of aromatic nitrogens is 1. The fourth-order valence-electron chi connectivity index (χ4n) is 0.843. The third-order valence-electron chi connectivity index (χ3n) is 1.60. The molecule has 1 rings (SSSR count). The number of hydrogen-bond donors (Lipinski definition) is 1. The number of Topliss-reactive ketones (excluding diaryl/α,β-unsaturated/α-hetero) is 1. The van der Waals surface area contributed by atoms with Crippen molar-refractivity contribution in [2.24, 2.45) is 0 Å². The summed E-state index contributed by atoms with van der Waals surface area (Å²) in [7, 11) is -4.43. The highest BCUT2D eigenvalue weighted by Crippen LogP contribution is 2.33. The van der Waals surface area contributed by atoms with Crippen LogP contribution < -0.4 is 9.50 Å². The molecule has 0 aliphatic rings. The average Bonchev–Trinajstić information content (AvgIpc) is 2.58. The third kappa shape index (κ3) is 2.90. The molecule has 0 spiro atoms. The molecule has 0 bridgehead atoms. The number of thiazole rings is 1. The summed E-state index contributed by atoms with van der Waals surface area (Å²) in [5.74, 6) is -1.53. The summed E-state index contributed by atoms with van der Waals surface area (Å²) >= 11 is 0.690. The van der Waals surface area contributed by atoms with Crippen molar-refractivity contribution in [3.8, 4) is 5.88 Å². The van der Waals surface area contributed by atoms with Crippen LogP contribution in [0.2, 0.25) is 0 Å². The molecule has 0 aliphatic heterocycles. The Bertz CT molecular complexity index is 564. The van der Waals surface area contributed by atoms with Crippen molar-refractivity contribution in [3.63, 3.8) is 0 Å². The fourth-order valence-corrected chi connectivity index (χ4v) is 2.06. The summed E-state index contributed by atoms with van der Waals surface area (Å²) in [4.78, 5) is 14.2. The second-order valence-corrected chi connectivity index (χ2v) is 5.48. The number of ketones is 1. The Kier molecular flexibility index (Phi) is 3.86. The smallest absolute Gasteiger partial charge is 0.364 e. The molecule has 0 fully saturated rings. The molecule has 0 saturated carbocycles. The lowest BCUT2D eigenvalue weighted by molar-refractivity contribution is -0.0501. The van der Waals surface area contributed by atoms with E-state index in [1.807, 2.05) is 0 Å². The predicted octanol–water partition coefficient (Wildman–Crippen LogP) is 1.62. The molecule has 18 heavy (non-hydrogen) atoms. The van der Waals surface area contributed by atoms with Gasteiger partial charge in [-0.25, -0.2) is 0 Å². The van der Waals surface area contributed by atoms with E-state index in [0.717, 1.165) is 6.92 Å². The van der Waals surface area contributed by atoms with Crippen LogP contribution in [-0.2, 0) is 10.1 Å². The Balaban J connectivity index is 3.19. The van der Waals surface area contributed by atoms with Gasteiger partial charge in [0.2, 0.25) is 0 Å². The summed E-state index contributed by atoms with van der Waals surface area (Å²) in [6.45, 7) is 1.06. The van der Waals surface area contributed by atoms with E-state index in [4.69, 9.17) is 0 Å². The maximum Gasteiger partial charge on any atom is 0.534 e. The molecule has 0 atom stereocenters. The normalized spacial score (nSPS) is 12.3. The molecule has 11 heteroatoms. The van der Waals surface area contributed by atoms with E-state index in [-0.39, 0.29) is 10.0 Å². The Morgan fingerprint density at radius 3 is 2.39 bits per heavy atom. The number of alkyl halides is 3. The van der Waals surface area contributed by atoms with Crippen molar-refractivity contribution < 1.29 is 30.6 Å². The lowest BCUT2D eigenvalue weighted by atomic mass is 10.4. The second kappa shape index (κ2) is 4.72. The van der Waals surface area contributed by atoms with Gasteiger partial charge < -0.3 is 9.50 Å². The summed E-state index contributed by atoms with van der Waals surface area (Å²) < 4.78 is 61.7. The van der Waals surface area contributed by atoms with Gasteiger partial charge in [0.25, 0.3) is 5.88 Å². The van der Waals surface area contributed by atoms with Crippen molar-refractivity contribution >= 4 is 32.4 Å². The minimum Gasteiger partial charge on any atom is -0.364 e. The number of anilines is 1. The van der Waals surface area contributed by atoms with Crippen molar-refractivity contribution in [1.82, 2.24) is 4.98 Å². The lowest BCUT2D eigenvalue weighted by Gasteiger charge is -2.07. The highest BCUT2D eigenvalue weighted by Gasteiger charge is 2.49. The highest BCUT2D eigenvalue weighted by atomic mass is 32.2. The van der Waals surface area contributed by atoms with Gasteiger partial charge in [-0.3, -0.25) is 4.79 Å².